The van der Waals surface area contributed by atoms with Crippen molar-refractivity contribution in [1.29, 1.82) is 0 Å². The molecule has 0 spiro atoms. The molecule has 2 saturated carbocycles. The summed E-state index contributed by atoms with van der Waals surface area (Å²) in [4.78, 5) is 0. The maximum absolute atomic E-state index is 2.77. The summed E-state index contributed by atoms with van der Waals surface area (Å²) in [5.41, 5.74) is 4.60. The van der Waals surface area contributed by atoms with Crippen LogP contribution in [0.15, 0.2) is 60.7 Å². The molecule has 2 aliphatic carbocycles. The molecule has 1 unspecified atom stereocenters. The molecule has 1 aliphatic heterocycles. The Kier molecular flexibility index (Phi) is 5.39. The van der Waals surface area contributed by atoms with Crippen LogP contribution in [0.2, 0.25) is 0 Å². The van der Waals surface area contributed by atoms with Gasteiger partial charge in [-0.2, -0.15) is 4.58 Å². The number of rotatable bonds is 5. The fourth-order valence-corrected chi connectivity index (χ4v) is 6.32. The van der Waals surface area contributed by atoms with E-state index in [9.17, 15) is 0 Å². The lowest BCUT2D eigenvalue weighted by atomic mass is 9.74. The highest BCUT2D eigenvalue weighted by Crippen LogP contribution is 2.48. The van der Waals surface area contributed by atoms with Crippen LogP contribution in [-0.2, 0) is 5.41 Å². The van der Waals surface area contributed by atoms with E-state index in [0.717, 1.165) is 12.3 Å². The zero-order valence-corrected chi connectivity index (χ0v) is 18.7. The maximum atomic E-state index is 2.77. The minimum Gasteiger partial charge on any atom is -0.192 e. The summed E-state index contributed by atoms with van der Waals surface area (Å²) in [6.45, 7) is 4.66. The van der Waals surface area contributed by atoms with Gasteiger partial charge in [0.05, 0.1) is 5.41 Å². The van der Waals surface area contributed by atoms with Crippen molar-refractivity contribution >= 4 is 22.2 Å². The van der Waals surface area contributed by atoms with Gasteiger partial charge in [-0.25, -0.2) is 0 Å². The molecule has 2 fully saturated rings. The van der Waals surface area contributed by atoms with Crippen LogP contribution >= 0.6 is 0 Å². The third-order valence-corrected chi connectivity index (χ3v) is 7.92. The summed E-state index contributed by atoms with van der Waals surface area (Å²) in [5, 5.41) is 2.81. The number of benzene rings is 2. The summed E-state index contributed by atoms with van der Waals surface area (Å²) in [6, 6.07) is 14.4. The molecule has 0 N–H and O–H groups in total. The molecule has 1 heterocycles. The van der Waals surface area contributed by atoms with E-state index in [1.807, 2.05) is 0 Å². The van der Waals surface area contributed by atoms with E-state index in [2.05, 4.69) is 79.1 Å². The largest absolute Gasteiger partial charge is 0.210 e. The zero-order valence-electron chi connectivity index (χ0n) is 18.7. The summed E-state index contributed by atoms with van der Waals surface area (Å²) in [7, 11) is 0. The number of nitrogens with zero attached hydrogens (tertiary/aromatic N) is 1. The van der Waals surface area contributed by atoms with Crippen molar-refractivity contribution in [2.75, 3.05) is 0 Å². The standard InChI is InChI=1S/C29H36N/c1-3-4-21-29(2)27(20-17-22-11-5-6-12-22)30(24-14-8-9-15-24)26-19-18-23-13-7-10-16-25(23)28(26)29/h3-4,7,10,13,16-20,22,24H,5-6,8-9,11-12,14-15,21H2,1-2H3/q+1. The van der Waals surface area contributed by atoms with Crippen LogP contribution in [0.3, 0.4) is 0 Å². The first-order valence-corrected chi connectivity index (χ1v) is 12.2. The van der Waals surface area contributed by atoms with E-state index in [0.29, 0.717) is 6.04 Å². The van der Waals surface area contributed by atoms with Crippen molar-refractivity contribution in [1.82, 2.24) is 0 Å². The Balaban J connectivity index is 1.73. The van der Waals surface area contributed by atoms with Gasteiger partial charge in [0.1, 0.15) is 0 Å². The van der Waals surface area contributed by atoms with Gasteiger partial charge in [0.2, 0.25) is 5.69 Å². The second-order valence-electron chi connectivity index (χ2n) is 9.88. The molecule has 0 saturated heterocycles. The van der Waals surface area contributed by atoms with E-state index < -0.39 is 0 Å². The van der Waals surface area contributed by atoms with Crippen molar-refractivity contribution in [3.05, 3.63) is 66.3 Å². The molecule has 1 atom stereocenters. The average Bonchev–Trinajstić information content (AvgIpc) is 3.51. The molecular formula is C29H36N+. The molecule has 30 heavy (non-hydrogen) atoms. The minimum absolute atomic E-state index is 0.0282. The van der Waals surface area contributed by atoms with E-state index in [4.69, 9.17) is 0 Å². The summed E-state index contributed by atoms with van der Waals surface area (Å²) < 4.78 is 2.77. The lowest BCUT2D eigenvalue weighted by Crippen LogP contribution is -2.33. The SMILES string of the molecule is CC=CCC1(C)C(C=CC2CCCC2)=[N+](C2CCCC2)c2ccc3ccccc3c21. The second-order valence-corrected chi connectivity index (χ2v) is 9.88. The monoisotopic (exact) mass is 398 g/mol. The topological polar surface area (TPSA) is 3.01 Å². The molecule has 2 aromatic rings. The van der Waals surface area contributed by atoms with Crippen LogP contribution in [-0.4, -0.2) is 16.3 Å². The van der Waals surface area contributed by atoms with Gasteiger partial charge < -0.3 is 0 Å². The smallest absolute Gasteiger partial charge is 0.192 e. The Morgan fingerprint density at radius 1 is 0.967 bits per heavy atom. The van der Waals surface area contributed by atoms with Crippen LogP contribution in [0.4, 0.5) is 5.69 Å². The maximum Gasteiger partial charge on any atom is 0.210 e. The molecule has 3 aliphatic rings. The number of fused-ring (bicyclic) bond motifs is 3. The highest BCUT2D eigenvalue weighted by molar-refractivity contribution is 6.08. The zero-order chi connectivity index (χ0) is 20.6. The predicted octanol–water partition coefficient (Wildman–Crippen LogP) is 7.85. The van der Waals surface area contributed by atoms with Gasteiger partial charge in [0.15, 0.2) is 11.8 Å². The Morgan fingerprint density at radius 3 is 2.47 bits per heavy atom. The Labute approximate surface area is 182 Å². The number of allylic oxidation sites excluding steroid dienone is 4. The van der Waals surface area contributed by atoms with Crippen LogP contribution in [0.1, 0.15) is 77.2 Å². The molecular weight excluding hydrogens is 362 g/mol. The molecule has 0 aromatic heterocycles. The highest BCUT2D eigenvalue weighted by Gasteiger charge is 2.50. The normalized spacial score (nSPS) is 25.5. The van der Waals surface area contributed by atoms with Crippen LogP contribution in [0.25, 0.3) is 10.8 Å². The fraction of sp³-hybridized carbons (Fsp3) is 0.483. The van der Waals surface area contributed by atoms with Gasteiger partial charge in [0, 0.05) is 30.5 Å². The van der Waals surface area contributed by atoms with E-state index in [1.165, 1.54) is 67.8 Å². The fourth-order valence-electron chi connectivity index (χ4n) is 6.32. The minimum atomic E-state index is 0.0282. The molecule has 156 valence electrons. The van der Waals surface area contributed by atoms with E-state index >= 15 is 0 Å². The predicted molar refractivity (Wildman–Crippen MR) is 129 cm³/mol. The third kappa shape index (κ3) is 3.27. The van der Waals surface area contributed by atoms with E-state index in [1.54, 1.807) is 11.3 Å². The summed E-state index contributed by atoms with van der Waals surface area (Å²) in [5.74, 6) is 0.773. The van der Waals surface area contributed by atoms with Crippen molar-refractivity contribution in [3.8, 4) is 0 Å². The lowest BCUT2D eigenvalue weighted by molar-refractivity contribution is -0.480. The van der Waals surface area contributed by atoms with Crippen LogP contribution < -0.4 is 0 Å². The molecule has 1 heteroatoms. The average molecular weight is 399 g/mol. The Morgan fingerprint density at radius 2 is 1.70 bits per heavy atom. The first-order chi connectivity index (χ1) is 14.7. The molecule has 5 rings (SSSR count). The van der Waals surface area contributed by atoms with Crippen LogP contribution in [0, 0.1) is 5.92 Å². The Hall–Kier alpha value is -2.15. The van der Waals surface area contributed by atoms with Crippen LogP contribution in [0.5, 0.6) is 0 Å². The second kappa shape index (κ2) is 8.17. The quantitative estimate of drug-likeness (QED) is 0.356. The summed E-state index contributed by atoms with van der Waals surface area (Å²) >= 11 is 0. The number of hydrogen-bond acceptors (Lipinski definition) is 0. The van der Waals surface area contributed by atoms with Crippen molar-refractivity contribution in [2.45, 2.75) is 83.1 Å². The van der Waals surface area contributed by atoms with Crippen molar-refractivity contribution in [2.24, 2.45) is 5.92 Å². The third-order valence-electron chi connectivity index (χ3n) is 7.92. The highest BCUT2D eigenvalue weighted by atomic mass is 15.1. The molecule has 0 bridgehead atoms. The first-order valence-electron chi connectivity index (χ1n) is 12.2. The number of hydrogen-bond donors (Lipinski definition) is 0. The van der Waals surface area contributed by atoms with Gasteiger partial charge in [-0.15, -0.1) is 0 Å². The van der Waals surface area contributed by atoms with Gasteiger partial charge in [-0.3, -0.25) is 0 Å². The van der Waals surface area contributed by atoms with Gasteiger partial charge in [0.25, 0.3) is 0 Å². The molecule has 0 radical (unpaired) electrons. The Bertz CT molecular complexity index is 1010. The van der Waals surface area contributed by atoms with Crippen molar-refractivity contribution < 1.29 is 4.58 Å². The molecule has 1 nitrogen and oxygen atoms in total. The molecule has 0 amide bonds. The summed E-state index contributed by atoms with van der Waals surface area (Å²) in [6.07, 6.45) is 21.7. The van der Waals surface area contributed by atoms with Crippen molar-refractivity contribution in [3.63, 3.8) is 0 Å². The van der Waals surface area contributed by atoms with Gasteiger partial charge in [-0.05, 0) is 68.7 Å². The van der Waals surface area contributed by atoms with E-state index in [-0.39, 0.29) is 5.41 Å². The first kappa shape index (κ1) is 19.8. The lowest BCUT2D eigenvalue weighted by Gasteiger charge is -2.22. The molecule has 2 aromatic carbocycles. The van der Waals surface area contributed by atoms with Gasteiger partial charge in [-0.1, -0.05) is 55.3 Å². The van der Waals surface area contributed by atoms with Gasteiger partial charge >= 0.3 is 0 Å².